The first-order chi connectivity index (χ1) is 5.10. The van der Waals surface area contributed by atoms with Crippen molar-refractivity contribution in [2.75, 3.05) is 6.61 Å². The molecule has 0 spiro atoms. The van der Waals surface area contributed by atoms with E-state index < -0.39 is 0 Å². The van der Waals surface area contributed by atoms with Gasteiger partial charge in [0.05, 0.1) is 6.10 Å². The summed E-state index contributed by atoms with van der Waals surface area (Å²) >= 11 is 0. The van der Waals surface area contributed by atoms with Gasteiger partial charge < -0.3 is 10.2 Å². The second-order valence-corrected chi connectivity index (χ2v) is 3.39. The topological polar surface area (TPSA) is 40.5 Å². The van der Waals surface area contributed by atoms with Crippen LogP contribution in [0.2, 0.25) is 0 Å². The highest BCUT2D eigenvalue weighted by molar-refractivity contribution is 4.79. The third-order valence-corrected chi connectivity index (χ3v) is 2.82. The van der Waals surface area contributed by atoms with Gasteiger partial charge in [-0.05, 0) is 24.7 Å². The SMILES string of the molecule is CCC(C)(CC)C(O)CCO. The molecule has 0 fully saturated rings. The van der Waals surface area contributed by atoms with Crippen molar-refractivity contribution >= 4 is 0 Å². The molecule has 0 radical (unpaired) electrons. The van der Waals surface area contributed by atoms with Gasteiger partial charge in [-0.2, -0.15) is 0 Å². The van der Waals surface area contributed by atoms with Crippen LogP contribution < -0.4 is 0 Å². The van der Waals surface area contributed by atoms with Crippen LogP contribution in [-0.2, 0) is 0 Å². The third kappa shape index (κ3) is 2.80. The van der Waals surface area contributed by atoms with Gasteiger partial charge in [-0.1, -0.05) is 20.8 Å². The highest BCUT2D eigenvalue weighted by atomic mass is 16.3. The van der Waals surface area contributed by atoms with Crippen molar-refractivity contribution in [3.8, 4) is 0 Å². The summed E-state index contributed by atoms with van der Waals surface area (Å²) in [7, 11) is 0. The minimum Gasteiger partial charge on any atom is -0.396 e. The summed E-state index contributed by atoms with van der Waals surface area (Å²) < 4.78 is 0. The zero-order valence-corrected chi connectivity index (χ0v) is 7.80. The van der Waals surface area contributed by atoms with Gasteiger partial charge in [-0.25, -0.2) is 0 Å². The van der Waals surface area contributed by atoms with Crippen molar-refractivity contribution in [3.05, 3.63) is 0 Å². The predicted molar refractivity (Wildman–Crippen MR) is 46.4 cm³/mol. The number of aliphatic hydroxyl groups excluding tert-OH is 2. The van der Waals surface area contributed by atoms with E-state index in [1.807, 2.05) is 0 Å². The van der Waals surface area contributed by atoms with Crippen molar-refractivity contribution in [1.82, 2.24) is 0 Å². The Morgan fingerprint density at radius 3 is 2.00 bits per heavy atom. The van der Waals surface area contributed by atoms with Crippen LogP contribution in [0.1, 0.15) is 40.0 Å². The Bertz CT molecular complexity index is 97.7. The van der Waals surface area contributed by atoms with Gasteiger partial charge >= 0.3 is 0 Å². The van der Waals surface area contributed by atoms with Crippen molar-refractivity contribution in [1.29, 1.82) is 0 Å². The summed E-state index contributed by atoms with van der Waals surface area (Å²) in [6.45, 7) is 6.29. The molecule has 0 bridgehead atoms. The smallest absolute Gasteiger partial charge is 0.0615 e. The Morgan fingerprint density at radius 1 is 1.27 bits per heavy atom. The molecule has 0 aliphatic carbocycles. The molecule has 1 unspecified atom stereocenters. The summed E-state index contributed by atoms with van der Waals surface area (Å²) in [6, 6.07) is 0. The molecule has 1 atom stereocenters. The van der Waals surface area contributed by atoms with E-state index in [0.717, 1.165) is 12.8 Å². The maximum absolute atomic E-state index is 9.61. The molecule has 0 aliphatic rings. The highest BCUT2D eigenvalue weighted by Crippen LogP contribution is 2.31. The summed E-state index contributed by atoms with van der Waals surface area (Å²) in [5.41, 5.74) is -0.0112. The molecular formula is C9H20O2. The van der Waals surface area contributed by atoms with Gasteiger partial charge in [0.25, 0.3) is 0 Å². The first-order valence-corrected chi connectivity index (χ1v) is 4.39. The van der Waals surface area contributed by atoms with Gasteiger partial charge in [0.2, 0.25) is 0 Å². The average molecular weight is 160 g/mol. The van der Waals surface area contributed by atoms with Crippen LogP contribution >= 0.6 is 0 Å². The van der Waals surface area contributed by atoms with Gasteiger partial charge in [0.15, 0.2) is 0 Å². The second-order valence-electron chi connectivity index (χ2n) is 3.39. The standard InChI is InChI=1S/C9H20O2/c1-4-9(3,5-2)8(11)6-7-10/h8,10-11H,4-7H2,1-3H3. The van der Waals surface area contributed by atoms with E-state index in [4.69, 9.17) is 5.11 Å². The molecule has 0 rings (SSSR count). The van der Waals surface area contributed by atoms with Gasteiger partial charge in [-0.15, -0.1) is 0 Å². The van der Waals surface area contributed by atoms with E-state index in [1.54, 1.807) is 0 Å². The molecule has 0 heterocycles. The lowest BCUT2D eigenvalue weighted by molar-refractivity contribution is 0.0129. The molecule has 11 heavy (non-hydrogen) atoms. The van der Waals surface area contributed by atoms with E-state index in [2.05, 4.69) is 20.8 Å². The van der Waals surface area contributed by atoms with Gasteiger partial charge in [0, 0.05) is 6.61 Å². The molecule has 0 amide bonds. The van der Waals surface area contributed by atoms with Crippen molar-refractivity contribution in [3.63, 3.8) is 0 Å². The lowest BCUT2D eigenvalue weighted by atomic mass is 9.78. The van der Waals surface area contributed by atoms with Crippen molar-refractivity contribution in [2.45, 2.75) is 46.1 Å². The zero-order chi connectivity index (χ0) is 8.91. The van der Waals surface area contributed by atoms with E-state index >= 15 is 0 Å². The number of hydrogen-bond donors (Lipinski definition) is 2. The van der Waals surface area contributed by atoms with Crippen molar-refractivity contribution < 1.29 is 10.2 Å². The molecule has 0 aromatic carbocycles. The van der Waals surface area contributed by atoms with Crippen LogP contribution in [0.25, 0.3) is 0 Å². The molecule has 2 heteroatoms. The van der Waals surface area contributed by atoms with Crippen LogP contribution in [0, 0.1) is 5.41 Å². The molecule has 0 aliphatic heterocycles. The van der Waals surface area contributed by atoms with E-state index in [1.165, 1.54) is 0 Å². The van der Waals surface area contributed by atoms with Crippen LogP contribution in [0.5, 0.6) is 0 Å². The predicted octanol–water partition coefficient (Wildman–Crippen LogP) is 1.56. The van der Waals surface area contributed by atoms with E-state index in [9.17, 15) is 5.11 Å². The normalized spacial score (nSPS) is 15.0. The second kappa shape index (κ2) is 4.73. The van der Waals surface area contributed by atoms with E-state index in [0.29, 0.717) is 6.42 Å². The Morgan fingerprint density at radius 2 is 1.73 bits per heavy atom. The largest absolute Gasteiger partial charge is 0.396 e. The van der Waals surface area contributed by atoms with Gasteiger partial charge in [-0.3, -0.25) is 0 Å². The Labute approximate surface area is 69.2 Å². The Hall–Kier alpha value is -0.0800. The molecule has 68 valence electrons. The van der Waals surface area contributed by atoms with Crippen LogP contribution in [0.15, 0.2) is 0 Å². The Balaban J connectivity index is 4.00. The highest BCUT2D eigenvalue weighted by Gasteiger charge is 2.28. The fourth-order valence-corrected chi connectivity index (χ4v) is 1.19. The first kappa shape index (κ1) is 10.9. The molecule has 0 aromatic rings. The molecule has 2 N–H and O–H groups in total. The summed E-state index contributed by atoms with van der Waals surface area (Å²) in [4.78, 5) is 0. The summed E-state index contributed by atoms with van der Waals surface area (Å²) in [5.74, 6) is 0. The monoisotopic (exact) mass is 160 g/mol. The van der Waals surface area contributed by atoms with E-state index in [-0.39, 0.29) is 18.1 Å². The fraction of sp³-hybridized carbons (Fsp3) is 1.00. The van der Waals surface area contributed by atoms with Crippen molar-refractivity contribution in [2.24, 2.45) is 5.41 Å². The molecule has 0 saturated heterocycles. The van der Waals surface area contributed by atoms with Crippen LogP contribution in [0.4, 0.5) is 0 Å². The molecular weight excluding hydrogens is 140 g/mol. The molecule has 2 nitrogen and oxygen atoms in total. The molecule has 0 saturated carbocycles. The zero-order valence-electron chi connectivity index (χ0n) is 7.80. The van der Waals surface area contributed by atoms with Gasteiger partial charge in [0.1, 0.15) is 0 Å². The number of aliphatic hydroxyl groups is 2. The quantitative estimate of drug-likeness (QED) is 0.640. The average Bonchev–Trinajstić information content (AvgIpc) is 2.03. The lowest BCUT2D eigenvalue weighted by Gasteiger charge is -2.32. The number of hydrogen-bond acceptors (Lipinski definition) is 2. The number of rotatable bonds is 5. The summed E-state index contributed by atoms with van der Waals surface area (Å²) in [6.07, 6.45) is 2.07. The molecule has 0 aromatic heterocycles. The Kier molecular flexibility index (Phi) is 4.69. The lowest BCUT2D eigenvalue weighted by Crippen LogP contribution is -2.31. The maximum Gasteiger partial charge on any atom is 0.0615 e. The minimum atomic E-state index is -0.359. The fourth-order valence-electron chi connectivity index (χ4n) is 1.19. The minimum absolute atomic E-state index is 0.0112. The maximum atomic E-state index is 9.61. The third-order valence-electron chi connectivity index (χ3n) is 2.82. The van der Waals surface area contributed by atoms with Crippen LogP contribution in [-0.4, -0.2) is 22.9 Å². The first-order valence-electron chi connectivity index (χ1n) is 4.39. The summed E-state index contributed by atoms with van der Waals surface area (Å²) in [5, 5.41) is 18.2. The van der Waals surface area contributed by atoms with Crippen LogP contribution in [0.3, 0.4) is 0 Å².